The van der Waals surface area contributed by atoms with Gasteiger partial charge in [0.25, 0.3) is 0 Å². The largest absolute Gasteiger partial charge is 0.124 e. The first-order valence-electron chi connectivity index (χ1n) is 4.54. The lowest BCUT2D eigenvalue weighted by Crippen LogP contribution is -2.08. The van der Waals surface area contributed by atoms with Crippen LogP contribution in [0.4, 0.5) is 0 Å². The minimum absolute atomic E-state index is 0.860. The van der Waals surface area contributed by atoms with Gasteiger partial charge in [-0.05, 0) is 0 Å². The summed E-state index contributed by atoms with van der Waals surface area (Å²) in [5.41, 5.74) is 0. The number of hydrogen-bond donors (Lipinski definition) is 0. The molecule has 60 valence electrons. The summed E-state index contributed by atoms with van der Waals surface area (Å²) in [5, 5.41) is 0. The molecule has 0 fully saturated rings. The van der Waals surface area contributed by atoms with Crippen molar-refractivity contribution >= 4 is 7.28 Å². The van der Waals surface area contributed by atoms with E-state index in [1.54, 1.807) is 0 Å². The van der Waals surface area contributed by atoms with E-state index in [4.69, 9.17) is 0 Å². The standard InChI is InChI=1S/C9H21B/c1-7(2)6-10-9(5)8(3)4/h7-10H,6H2,1-5H3. The first-order valence-corrected chi connectivity index (χ1v) is 4.54. The van der Waals surface area contributed by atoms with Gasteiger partial charge in [0.05, 0.1) is 0 Å². The third-order valence-corrected chi connectivity index (χ3v) is 2.34. The van der Waals surface area contributed by atoms with Gasteiger partial charge in [-0.1, -0.05) is 58.6 Å². The summed E-state index contributed by atoms with van der Waals surface area (Å²) in [6.45, 7) is 11.6. The summed E-state index contributed by atoms with van der Waals surface area (Å²) in [7, 11) is 1.40. The van der Waals surface area contributed by atoms with Crippen LogP contribution >= 0.6 is 0 Å². The third kappa shape index (κ3) is 4.90. The molecule has 1 atom stereocenters. The molecule has 0 aromatic rings. The predicted octanol–water partition coefficient (Wildman–Crippen LogP) is 2.96. The molecule has 0 aliphatic heterocycles. The summed E-state index contributed by atoms with van der Waals surface area (Å²) >= 11 is 0. The van der Waals surface area contributed by atoms with E-state index in [0.29, 0.717) is 0 Å². The van der Waals surface area contributed by atoms with E-state index in [0.717, 1.165) is 17.7 Å². The molecule has 0 heterocycles. The monoisotopic (exact) mass is 140 g/mol. The molecular weight excluding hydrogens is 119 g/mol. The van der Waals surface area contributed by atoms with E-state index < -0.39 is 0 Å². The lowest BCUT2D eigenvalue weighted by molar-refractivity contribution is 0.609. The van der Waals surface area contributed by atoms with Gasteiger partial charge in [-0.15, -0.1) is 0 Å². The molecule has 0 N–H and O–H groups in total. The van der Waals surface area contributed by atoms with Crippen LogP contribution in [0.3, 0.4) is 0 Å². The Kier molecular flexibility index (Phi) is 4.85. The van der Waals surface area contributed by atoms with Crippen molar-refractivity contribution in [3.05, 3.63) is 0 Å². The Hall–Kier alpha value is 0.0649. The Morgan fingerprint density at radius 1 is 1.00 bits per heavy atom. The van der Waals surface area contributed by atoms with E-state index in [2.05, 4.69) is 34.6 Å². The molecule has 0 aliphatic carbocycles. The van der Waals surface area contributed by atoms with Crippen molar-refractivity contribution in [2.24, 2.45) is 11.8 Å². The van der Waals surface area contributed by atoms with Crippen LogP contribution in [-0.4, -0.2) is 7.28 Å². The van der Waals surface area contributed by atoms with E-state index in [1.165, 1.54) is 13.6 Å². The second kappa shape index (κ2) is 4.82. The second-order valence-electron chi connectivity index (χ2n) is 4.19. The summed E-state index contributed by atoms with van der Waals surface area (Å²) in [5.74, 6) is 2.64. The Morgan fingerprint density at radius 2 is 1.50 bits per heavy atom. The fraction of sp³-hybridized carbons (Fsp3) is 1.00. The molecule has 0 nitrogen and oxygen atoms in total. The maximum absolute atomic E-state index is 2.35. The summed E-state index contributed by atoms with van der Waals surface area (Å²) in [4.78, 5) is 0. The van der Waals surface area contributed by atoms with Gasteiger partial charge in [-0.3, -0.25) is 0 Å². The van der Waals surface area contributed by atoms with Crippen LogP contribution in [0.5, 0.6) is 0 Å². The molecule has 0 aromatic carbocycles. The smallest absolute Gasteiger partial charge is 0.0749 e. The molecular formula is C9H21B. The van der Waals surface area contributed by atoms with Crippen LogP contribution in [0, 0.1) is 11.8 Å². The summed E-state index contributed by atoms with van der Waals surface area (Å²) in [6.07, 6.45) is 1.39. The van der Waals surface area contributed by atoms with Crippen molar-refractivity contribution in [3.8, 4) is 0 Å². The highest BCUT2D eigenvalue weighted by molar-refractivity contribution is 6.37. The average molecular weight is 140 g/mol. The molecule has 0 spiro atoms. The molecule has 0 saturated heterocycles. The zero-order chi connectivity index (χ0) is 8.15. The minimum atomic E-state index is 0.860. The molecule has 0 saturated carbocycles. The van der Waals surface area contributed by atoms with E-state index in [1.807, 2.05) is 0 Å². The molecule has 0 bridgehead atoms. The van der Waals surface area contributed by atoms with Crippen molar-refractivity contribution in [2.75, 3.05) is 0 Å². The van der Waals surface area contributed by atoms with E-state index in [9.17, 15) is 0 Å². The van der Waals surface area contributed by atoms with Gasteiger partial charge in [-0.2, -0.15) is 0 Å². The highest BCUT2D eigenvalue weighted by Crippen LogP contribution is 2.17. The second-order valence-corrected chi connectivity index (χ2v) is 4.19. The molecule has 1 heteroatoms. The quantitative estimate of drug-likeness (QED) is 0.526. The van der Waals surface area contributed by atoms with Gasteiger partial charge in [0.15, 0.2) is 0 Å². The lowest BCUT2D eigenvalue weighted by Gasteiger charge is -2.14. The Balaban J connectivity index is 3.30. The topological polar surface area (TPSA) is 0 Å². The van der Waals surface area contributed by atoms with Gasteiger partial charge < -0.3 is 0 Å². The first-order chi connectivity index (χ1) is 4.54. The minimum Gasteiger partial charge on any atom is -0.0749 e. The zero-order valence-electron chi connectivity index (χ0n) is 8.15. The predicted molar refractivity (Wildman–Crippen MR) is 51.1 cm³/mol. The van der Waals surface area contributed by atoms with Crippen molar-refractivity contribution in [3.63, 3.8) is 0 Å². The normalized spacial score (nSPS) is 14.3. The SMILES string of the molecule is CC(C)CBC(C)C(C)C. The van der Waals surface area contributed by atoms with E-state index >= 15 is 0 Å². The van der Waals surface area contributed by atoms with Crippen LogP contribution in [-0.2, 0) is 0 Å². The maximum Gasteiger partial charge on any atom is 0.124 e. The van der Waals surface area contributed by atoms with Gasteiger partial charge in [0.2, 0.25) is 0 Å². The van der Waals surface area contributed by atoms with Crippen LogP contribution in [0.2, 0.25) is 12.1 Å². The number of hydrogen-bond acceptors (Lipinski definition) is 0. The molecule has 0 aliphatic rings. The van der Waals surface area contributed by atoms with Gasteiger partial charge in [0.1, 0.15) is 7.28 Å². The molecule has 0 aromatic heterocycles. The lowest BCUT2D eigenvalue weighted by atomic mass is 9.57. The van der Waals surface area contributed by atoms with Gasteiger partial charge >= 0.3 is 0 Å². The van der Waals surface area contributed by atoms with Crippen molar-refractivity contribution in [1.82, 2.24) is 0 Å². The van der Waals surface area contributed by atoms with Crippen molar-refractivity contribution < 1.29 is 0 Å². The summed E-state index contributed by atoms with van der Waals surface area (Å²) in [6, 6.07) is 0. The van der Waals surface area contributed by atoms with Crippen LogP contribution in [0.1, 0.15) is 34.6 Å². The Bertz CT molecular complexity index is 76.8. The average Bonchev–Trinajstić information content (AvgIpc) is 1.82. The van der Waals surface area contributed by atoms with Gasteiger partial charge in [-0.25, -0.2) is 0 Å². The van der Waals surface area contributed by atoms with Crippen molar-refractivity contribution in [2.45, 2.75) is 46.8 Å². The highest BCUT2D eigenvalue weighted by Gasteiger charge is 2.08. The zero-order valence-corrected chi connectivity index (χ0v) is 8.15. The highest BCUT2D eigenvalue weighted by atomic mass is 14.0. The van der Waals surface area contributed by atoms with Crippen molar-refractivity contribution in [1.29, 1.82) is 0 Å². The van der Waals surface area contributed by atoms with Crippen LogP contribution in [0.25, 0.3) is 0 Å². The first kappa shape index (κ1) is 10.1. The maximum atomic E-state index is 2.35. The molecule has 0 rings (SSSR count). The number of rotatable bonds is 4. The van der Waals surface area contributed by atoms with E-state index in [-0.39, 0.29) is 0 Å². The van der Waals surface area contributed by atoms with Crippen LogP contribution in [0.15, 0.2) is 0 Å². The fourth-order valence-corrected chi connectivity index (χ4v) is 0.930. The molecule has 0 amide bonds. The third-order valence-electron chi connectivity index (χ3n) is 2.34. The Morgan fingerprint density at radius 3 is 1.80 bits per heavy atom. The molecule has 0 radical (unpaired) electrons. The molecule has 1 unspecified atom stereocenters. The Labute approximate surface area is 66.6 Å². The fourth-order valence-electron chi connectivity index (χ4n) is 0.930. The van der Waals surface area contributed by atoms with Crippen LogP contribution < -0.4 is 0 Å². The van der Waals surface area contributed by atoms with Gasteiger partial charge in [0, 0.05) is 0 Å². The molecule has 10 heavy (non-hydrogen) atoms. The summed E-state index contributed by atoms with van der Waals surface area (Å²) < 4.78 is 0.